The van der Waals surface area contributed by atoms with Crippen molar-refractivity contribution in [2.45, 2.75) is 13.3 Å². The van der Waals surface area contributed by atoms with E-state index in [9.17, 15) is 0 Å². The third kappa shape index (κ3) is 1.14. The van der Waals surface area contributed by atoms with Gasteiger partial charge in [0.1, 0.15) is 4.83 Å². The van der Waals surface area contributed by atoms with Crippen LogP contribution in [0.3, 0.4) is 0 Å². The molecule has 0 aromatic carbocycles. The highest BCUT2D eigenvalue weighted by Gasteiger charge is 1.95. The smallest absolute Gasteiger partial charge is 0.123 e. The van der Waals surface area contributed by atoms with Gasteiger partial charge in [0.25, 0.3) is 0 Å². The van der Waals surface area contributed by atoms with Crippen molar-refractivity contribution in [3.63, 3.8) is 0 Å². The van der Waals surface area contributed by atoms with Crippen molar-refractivity contribution in [2.75, 3.05) is 0 Å². The number of nitrogens with zero attached hydrogens (tertiary/aromatic N) is 1. The number of hydrogen-bond donors (Lipinski definition) is 0. The maximum atomic E-state index is 4.47. The van der Waals surface area contributed by atoms with E-state index in [0.29, 0.717) is 0 Å². The maximum Gasteiger partial charge on any atom is 0.123 e. The molecule has 2 heteroatoms. The van der Waals surface area contributed by atoms with Gasteiger partial charge in [-0.2, -0.15) is 0 Å². The zero-order valence-electron chi connectivity index (χ0n) is 6.37. The van der Waals surface area contributed by atoms with Gasteiger partial charge in [0.15, 0.2) is 0 Å². The Balaban J connectivity index is 2.67. The third-order valence-corrected chi connectivity index (χ3v) is 2.56. The van der Waals surface area contributed by atoms with Gasteiger partial charge >= 0.3 is 0 Å². The first-order valence-electron chi connectivity index (χ1n) is 3.73. The normalized spacial score (nSPS) is 10.6. The van der Waals surface area contributed by atoms with E-state index in [1.165, 1.54) is 11.1 Å². The molecular formula is C9H9NS. The van der Waals surface area contributed by atoms with Gasteiger partial charge in [0.05, 0.1) is 0 Å². The third-order valence-electron chi connectivity index (χ3n) is 1.74. The van der Waals surface area contributed by atoms with Crippen molar-refractivity contribution >= 4 is 21.6 Å². The Kier molecular flexibility index (Phi) is 1.62. The van der Waals surface area contributed by atoms with Crippen molar-refractivity contribution in [3.8, 4) is 0 Å². The summed E-state index contributed by atoms with van der Waals surface area (Å²) in [4.78, 5) is 5.63. The minimum absolute atomic E-state index is 1.02. The van der Waals surface area contributed by atoms with Crippen LogP contribution >= 0.6 is 11.3 Å². The summed E-state index contributed by atoms with van der Waals surface area (Å²) in [5, 5.41) is 3.34. The molecular weight excluding hydrogens is 154 g/mol. The molecule has 0 fully saturated rings. The number of hydrogen-bond acceptors (Lipinski definition) is 2. The summed E-state index contributed by atoms with van der Waals surface area (Å²) in [6.07, 6.45) is 1.02. The van der Waals surface area contributed by atoms with Crippen LogP contribution in [0, 0.1) is 0 Å². The average molecular weight is 163 g/mol. The molecule has 2 aromatic heterocycles. The molecule has 0 spiro atoms. The molecule has 11 heavy (non-hydrogen) atoms. The number of aryl methyl sites for hydroxylation is 1. The standard InChI is InChI=1S/C9H9NS/c1-2-8-4-3-7-5-6-11-9(7)10-8/h3-6H,2H2,1H3. The summed E-state index contributed by atoms with van der Waals surface area (Å²) in [6, 6.07) is 6.33. The Morgan fingerprint density at radius 1 is 1.36 bits per heavy atom. The predicted molar refractivity (Wildman–Crippen MR) is 49.0 cm³/mol. The first kappa shape index (κ1) is 6.80. The highest BCUT2D eigenvalue weighted by molar-refractivity contribution is 7.16. The van der Waals surface area contributed by atoms with Gasteiger partial charge in [-0.15, -0.1) is 11.3 Å². The minimum Gasteiger partial charge on any atom is -0.242 e. The van der Waals surface area contributed by atoms with Crippen LogP contribution in [0.15, 0.2) is 23.6 Å². The second-order valence-corrected chi connectivity index (χ2v) is 3.37. The molecule has 2 heterocycles. The lowest BCUT2D eigenvalue weighted by atomic mass is 10.2. The summed E-state index contributed by atoms with van der Waals surface area (Å²) in [5.41, 5.74) is 1.18. The lowest BCUT2D eigenvalue weighted by molar-refractivity contribution is 1.06. The fourth-order valence-corrected chi connectivity index (χ4v) is 1.87. The van der Waals surface area contributed by atoms with E-state index in [-0.39, 0.29) is 0 Å². The number of thiophene rings is 1. The number of pyridine rings is 1. The molecule has 0 unspecified atom stereocenters. The largest absolute Gasteiger partial charge is 0.242 e. The molecule has 0 saturated heterocycles. The second-order valence-electron chi connectivity index (χ2n) is 2.47. The highest BCUT2D eigenvalue weighted by Crippen LogP contribution is 2.18. The Morgan fingerprint density at radius 2 is 2.27 bits per heavy atom. The van der Waals surface area contributed by atoms with Crippen LogP contribution in [-0.2, 0) is 6.42 Å². The van der Waals surface area contributed by atoms with E-state index in [1.54, 1.807) is 11.3 Å². The second kappa shape index (κ2) is 2.62. The van der Waals surface area contributed by atoms with Crippen LogP contribution in [0.4, 0.5) is 0 Å². The van der Waals surface area contributed by atoms with Gasteiger partial charge in [-0.05, 0) is 23.9 Å². The van der Waals surface area contributed by atoms with E-state index in [2.05, 4.69) is 35.5 Å². The average Bonchev–Trinajstić information content (AvgIpc) is 2.50. The van der Waals surface area contributed by atoms with E-state index >= 15 is 0 Å². The van der Waals surface area contributed by atoms with Gasteiger partial charge < -0.3 is 0 Å². The van der Waals surface area contributed by atoms with Crippen LogP contribution in [0.25, 0.3) is 10.2 Å². The molecule has 0 aliphatic carbocycles. The summed E-state index contributed by atoms with van der Waals surface area (Å²) >= 11 is 1.71. The van der Waals surface area contributed by atoms with Crippen molar-refractivity contribution < 1.29 is 0 Å². The predicted octanol–water partition coefficient (Wildman–Crippen LogP) is 2.86. The minimum atomic E-state index is 1.02. The van der Waals surface area contributed by atoms with E-state index in [1.807, 2.05) is 0 Å². The van der Waals surface area contributed by atoms with Crippen molar-refractivity contribution in [2.24, 2.45) is 0 Å². The van der Waals surface area contributed by atoms with Crippen LogP contribution < -0.4 is 0 Å². The van der Waals surface area contributed by atoms with Gasteiger partial charge in [0, 0.05) is 11.1 Å². The van der Waals surface area contributed by atoms with Gasteiger partial charge in [-0.1, -0.05) is 13.0 Å². The van der Waals surface area contributed by atoms with Crippen molar-refractivity contribution in [3.05, 3.63) is 29.3 Å². The Morgan fingerprint density at radius 3 is 3.09 bits per heavy atom. The summed E-state index contributed by atoms with van der Waals surface area (Å²) in [5.74, 6) is 0. The van der Waals surface area contributed by atoms with Crippen LogP contribution in [0.5, 0.6) is 0 Å². The van der Waals surface area contributed by atoms with E-state index in [4.69, 9.17) is 0 Å². The summed E-state index contributed by atoms with van der Waals surface area (Å²) in [6.45, 7) is 2.13. The molecule has 0 radical (unpaired) electrons. The molecule has 0 atom stereocenters. The van der Waals surface area contributed by atoms with E-state index in [0.717, 1.165) is 11.3 Å². The SMILES string of the molecule is CCc1ccc2ccsc2n1. The zero-order chi connectivity index (χ0) is 7.68. The fourth-order valence-electron chi connectivity index (χ4n) is 1.08. The molecule has 2 rings (SSSR count). The molecule has 0 aliphatic heterocycles. The highest BCUT2D eigenvalue weighted by atomic mass is 32.1. The Labute approximate surface area is 69.7 Å². The lowest BCUT2D eigenvalue weighted by Crippen LogP contribution is -1.83. The number of rotatable bonds is 1. The Bertz CT molecular complexity index is 364. The van der Waals surface area contributed by atoms with Crippen molar-refractivity contribution in [1.29, 1.82) is 0 Å². The fraction of sp³-hybridized carbons (Fsp3) is 0.222. The molecule has 0 N–H and O–H groups in total. The zero-order valence-corrected chi connectivity index (χ0v) is 7.19. The summed E-state index contributed by atoms with van der Waals surface area (Å²) < 4.78 is 0. The van der Waals surface area contributed by atoms with Crippen LogP contribution in [0.2, 0.25) is 0 Å². The van der Waals surface area contributed by atoms with Gasteiger partial charge in [0.2, 0.25) is 0 Å². The molecule has 0 amide bonds. The number of fused-ring (bicyclic) bond motifs is 1. The molecule has 56 valence electrons. The maximum absolute atomic E-state index is 4.47. The topological polar surface area (TPSA) is 12.9 Å². The summed E-state index contributed by atoms with van der Waals surface area (Å²) in [7, 11) is 0. The lowest BCUT2D eigenvalue weighted by Gasteiger charge is -1.93. The van der Waals surface area contributed by atoms with Crippen LogP contribution in [0.1, 0.15) is 12.6 Å². The van der Waals surface area contributed by atoms with Gasteiger partial charge in [-0.25, -0.2) is 4.98 Å². The number of aromatic nitrogens is 1. The first-order chi connectivity index (χ1) is 5.40. The molecule has 2 aromatic rings. The van der Waals surface area contributed by atoms with E-state index < -0.39 is 0 Å². The molecule has 0 saturated carbocycles. The van der Waals surface area contributed by atoms with Crippen molar-refractivity contribution in [1.82, 2.24) is 4.98 Å². The molecule has 0 bridgehead atoms. The van der Waals surface area contributed by atoms with Gasteiger partial charge in [-0.3, -0.25) is 0 Å². The molecule has 1 nitrogen and oxygen atoms in total. The van der Waals surface area contributed by atoms with Crippen LogP contribution in [-0.4, -0.2) is 4.98 Å². The monoisotopic (exact) mass is 163 g/mol. The first-order valence-corrected chi connectivity index (χ1v) is 4.61. The quantitative estimate of drug-likeness (QED) is 0.630. The molecule has 0 aliphatic rings. The Hall–Kier alpha value is -0.890.